The maximum absolute atomic E-state index is 12.6. The van der Waals surface area contributed by atoms with E-state index >= 15 is 0 Å². The molecule has 1 aromatic rings. The summed E-state index contributed by atoms with van der Waals surface area (Å²) in [6.07, 6.45) is 0. The number of nitrogens with two attached hydrogens (primary N) is 1. The number of rotatable bonds is 0. The van der Waals surface area contributed by atoms with Crippen molar-refractivity contribution in [3.8, 4) is 0 Å². The maximum Gasteiger partial charge on any atom is 0.311 e. The molecule has 0 saturated carbocycles. The van der Waals surface area contributed by atoms with Gasteiger partial charge in [0.1, 0.15) is 6.04 Å². The van der Waals surface area contributed by atoms with Crippen LogP contribution in [0.1, 0.15) is 10.4 Å². The highest BCUT2D eigenvalue weighted by atomic mass is 16.2. The number of fused-ring (bicyclic) bond motifs is 2. The van der Waals surface area contributed by atoms with Gasteiger partial charge in [0.05, 0.1) is 17.8 Å². The number of nitrogens with one attached hydrogen (secondary N) is 1. The molecule has 8 nitrogen and oxygen atoms in total. The van der Waals surface area contributed by atoms with Crippen molar-refractivity contribution in [2.45, 2.75) is 6.04 Å². The molecule has 3 rings (SSSR count). The predicted molar refractivity (Wildman–Crippen MR) is 75.7 cm³/mol. The summed E-state index contributed by atoms with van der Waals surface area (Å²) in [7, 11) is 0. The Morgan fingerprint density at radius 3 is 2.64 bits per heavy atom. The number of nitrogens with zero attached hydrogens (tertiary/aromatic N) is 2. The number of hydrogen-bond donors (Lipinski definition) is 2. The van der Waals surface area contributed by atoms with Gasteiger partial charge in [-0.05, 0) is 12.1 Å². The Bertz CT molecular complexity index is 687. The molecule has 1 aromatic carbocycles. The Kier molecular flexibility index (Phi) is 3.28. The SMILES string of the molecule is NC(=O)C(=O)N1CCN2C(=O)c3ccccc3NC(=O)[C@H]2C1. The van der Waals surface area contributed by atoms with Gasteiger partial charge in [0, 0.05) is 13.1 Å². The number of anilines is 1. The van der Waals surface area contributed by atoms with Crippen LogP contribution in [0.4, 0.5) is 5.69 Å². The Morgan fingerprint density at radius 1 is 1.18 bits per heavy atom. The maximum atomic E-state index is 12.6. The molecule has 3 N–H and O–H groups in total. The summed E-state index contributed by atoms with van der Waals surface area (Å²) in [5, 5.41) is 2.69. The van der Waals surface area contributed by atoms with Gasteiger partial charge in [-0.25, -0.2) is 0 Å². The number of benzene rings is 1. The minimum absolute atomic E-state index is 0.0483. The van der Waals surface area contributed by atoms with E-state index in [0.717, 1.165) is 0 Å². The number of primary amides is 1. The standard InChI is InChI=1S/C14H14N4O4/c15-11(19)14(22)17-5-6-18-10(7-17)12(20)16-9-4-2-1-3-8(9)13(18)21/h1-4,10H,5-7H2,(H2,15,19)(H,16,20)/t10-/m1/s1. The van der Waals surface area contributed by atoms with Crippen LogP contribution in [0.15, 0.2) is 24.3 Å². The van der Waals surface area contributed by atoms with Crippen molar-refractivity contribution in [2.75, 3.05) is 25.0 Å². The molecule has 0 unspecified atom stereocenters. The molecular weight excluding hydrogens is 288 g/mol. The zero-order valence-corrected chi connectivity index (χ0v) is 11.6. The third kappa shape index (κ3) is 2.18. The van der Waals surface area contributed by atoms with E-state index in [1.165, 1.54) is 9.80 Å². The van der Waals surface area contributed by atoms with Gasteiger partial charge in [-0.3, -0.25) is 19.2 Å². The molecule has 4 amide bonds. The Balaban J connectivity index is 1.91. The highest BCUT2D eigenvalue weighted by Gasteiger charge is 2.40. The lowest BCUT2D eigenvalue weighted by Gasteiger charge is -2.38. The van der Waals surface area contributed by atoms with E-state index in [-0.39, 0.29) is 31.4 Å². The molecule has 0 aliphatic carbocycles. The number of hydrogen-bond acceptors (Lipinski definition) is 4. The minimum atomic E-state index is -1.07. The zero-order valence-electron chi connectivity index (χ0n) is 11.6. The van der Waals surface area contributed by atoms with Crippen LogP contribution in [0.25, 0.3) is 0 Å². The first kappa shape index (κ1) is 14.1. The van der Waals surface area contributed by atoms with Gasteiger partial charge in [0.2, 0.25) is 5.91 Å². The van der Waals surface area contributed by atoms with E-state index in [2.05, 4.69) is 5.32 Å². The van der Waals surface area contributed by atoms with Crippen molar-refractivity contribution in [1.29, 1.82) is 0 Å². The van der Waals surface area contributed by atoms with E-state index in [9.17, 15) is 19.2 Å². The normalized spacial score (nSPS) is 20.6. The first-order valence-corrected chi connectivity index (χ1v) is 6.78. The van der Waals surface area contributed by atoms with Gasteiger partial charge in [-0.1, -0.05) is 12.1 Å². The highest BCUT2D eigenvalue weighted by Crippen LogP contribution is 2.25. The fourth-order valence-corrected chi connectivity index (χ4v) is 2.74. The molecule has 114 valence electrons. The summed E-state index contributed by atoms with van der Waals surface area (Å²) in [5.74, 6) is -2.58. The lowest BCUT2D eigenvalue weighted by molar-refractivity contribution is -0.146. The summed E-state index contributed by atoms with van der Waals surface area (Å²) >= 11 is 0. The summed E-state index contributed by atoms with van der Waals surface area (Å²) < 4.78 is 0. The van der Waals surface area contributed by atoms with Gasteiger partial charge >= 0.3 is 11.8 Å². The lowest BCUT2D eigenvalue weighted by atomic mass is 10.1. The fourth-order valence-electron chi connectivity index (χ4n) is 2.74. The topological polar surface area (TPSA) is 113 Å². The van der Waals surface area contributed by atoms with E-state index in [4.69, 9.17) is 5.73 Å². The van der Waals surface area contributed by atoms with Crippen LogP contribution < -0.4 is 11.1 Å². The lowest BCUT2D eigenvalue weighted by Crippen LogP contribution is -2.60. The largest absolute Gasteiger partial charge is 0.361 e. The third-order valence-corrected chi connectivity index (χ3v) is 3.86. The van der Waals surface area contributed by atoms with E-state index in [1.54, 1.807) is 24.3 Å². The molecule has 1 atom stereocenters. The second-order valence-electron chi connectivity index (χ2n) is 5.16. The summed E-state index contributed by atoms with van der Waals surface area (Å²) in [4.78, 5) is 50.2. The molecule has 2 aliphatic heterocycles. The molecule has 1 fully saturated rings. The summed E-state index contributed by atoms with van der Waals surface area (Å²) in [6, 6.07) is 5.89. The molecule has 1 saturated heterocycles. The fraction of sp³-hybridized carbons (Fsp3) is 0.286. The van der Waals surface area contributed by atoms with E-state index in [1.807, 2.05) is 0 Å². The van der Waals surface area contributed by atoms with Crippen molar-refractivity contribution in [1.82, 2.24) is 9.80 Å². The third-order valence-electron chi connectivity index (χ3n) is 3.86. The van der Waals surface area contributed by atoms with Gasteiger partial charge in [0.25, 0.3) is 5.91 Å². The number of carbonyl (C=O) groups is 4. The second kappa shape index (κ2) is 5.14. The average molecular weight is 302 g/mol. The number of para-hydroxylation sites is 1. The van der Waals surface area contributed by atoms with Crippen LogP contribution in [0.3, 0.4) is 0 Å². The Labute approximate surface area is 125 Å². The molecule has 0 radical (unpaired) electrons. The molecule has 8 heteroatoms. The highest BCUT2D eigenvalue weighted by molar-refractivity contribution is 6.34. The first-order chi connectivity index (χ1) is 10.5. The molecule has 2 heterocycles. The smallest absolute Gasteiger partial charge is 0.311 e. The zero-order chi connectivity index (χ0) is 15.9. The number of carbonyl (C=O) groups excluding carboxylic acids is 4. The van der Waals surface area contributed by atoms with Crippen LogP contribution in [0.2, 0.25) is 0 Å². The van der Waals surface area contributed by atoms with Gasteiger partial charge in [-0.15, -0.1) is 0 Å². The molecule has 0 aromatic heterocycles. The monoisotopic (exact) mass is 302 g/mol. The van der Waals surface area contributed by atoms with Crippen LogP contribution in [0, 0.1) is 0 Å². The summed E-state index contributed by atoms with van der Waals surface area (Å²) in [5.41, 5.74) is 5.84. The van der Waals surface area contributed by atoms with Crippen molar-refractivity contribution in [2.24, 2.45) is 5.73 Å². The van der Waals surface area contributed by atoms with Crippen molar-refractivity contribution >= 4 is 29.3 Å². The van der Waals surface area contributed by atoms with Crippen molar-refractivity contribution < 1.29 is 19.2 Å². The number of amides is 4. The molecular formula is C14H14N4O4. The van der Waals surface area contributed by atoms with E-state index < -0.39 is 17.9 Å². The predicted octanol–water partition coefficient (Wildman–Crippen LogP) is -1.22. The van der Waals surface area contributed by atoms with Gasteiger partial charge in [-0.2, -0.15) is 0 Å². The van der Waals surface area contributed by atoms with Crippen LogP contribution >= 0.6 is 0 Å². The molecule has 0 spiro atoms. The van der Waals surface area contributed by atoms with Crippen LogP contribution in [-0.4, -0.2) is 59.1 Å². The molecule has 22 heavy (non-hydrogen) atoms. The minimum Gasteiger partial charge on any atom is -0.361 e. The Hall–Kier alpha value is -2.90. The van der Waals surface area contributed by atoms with E-state index in [0.29, 0.717) is 11.3 Å². The van der Waals surface area contributed by atoms with Crippen molar-refractivity contribution in [3.05, 3.63) is 29.8 Å². The second-order valence-corrected chi connectivity index (χ2v) is 5.16. The quantitative estimate of drug-likeness (QED) is 0.585. The van der Waals surface area contributed by atoms with Gasteiger partial charge < -0.3 is 20.9 Å². The molecule has 2 aliphatic rings. The van der Waals surface area contributed by atoms with Crippen molar-refractivity contribution in [3.63, 3.8) is 0 Å². The van der Waals surface area contributed by atoms with Crippen LogP contribution in [0.5, 0.6) is 0 Å². The first-order valence-electron chi connectivity index (χ1n) is 6.78. The summed E-state index contributed by atoms with van der Waals surface area (Å²) in [6.45, 7) is 0.289. The molecule has 0 bridgehead atoms. The number of piperazine rings is 1. The van der Waals surface area contributed by atoms with Gasteiger partial charge in [0.15, 0.2) is 0 Å². The average Bonchev–Trinajstić information content (AvgIpc) is 2.62. The Morgan fingerprint density at radius 2 is 1.91 bits per heavy atom. The van der Waals surface area contributed by atoms with Crippen LogP contribution in [-0.2, 0) is 14.4 Å².